The average molecular weight is 619 g/mol. The molecule has 0 aromatic heterocycles. The van der Waals surface area contributed by atoms with E-state index in [1.807, 2.05) is 32.8 Å². The number of hydrogen-bond acceptors (Lipinski definition) is 11. The number of carbonyl (C=O) groups is 2. The third-order valence-corrected chi connectivity index (χ3v) is 9.41. The van der Waals surface area contributed by atoms with Crippen molar-refractivity contribution < 1.29 is 49.0 Å². The van der Waals surface area contributed by atoms with Gasteiger partial charge in [-0.25, -0.2) is 0 Å². The van der Waals surface area contributed by atoms with E-state index < -0.39 is 77.8 Å². The molecule has 12 heteroatoms. The van der Waals surface area contributed by atoms with Crippen molar-refractivity contribution in [2.24, 2.45) is 17.8 Å². The van der Waals surface area contributed by atoms with Crippen LogP contribution in [0.25, 0.3) is 0 Å². The molecular weight excluding hydrogens is 560 g/mol. The lowest BCUT2D eigenvalue weighted by molar-refractivity contribution is -0.303. The van der Waals surface area contributed by atoms with Gasteiger partial charge in [0.25, 0.3) is 0 Å². The van der Waals surface area contributed by atoms with E-state index in [1.54, 1.807) is 27.7 Å². The minimum Gasteiger partial charge on any atom is -0.459 e. The van der Waals surface area contributed by atoms with E-state index in [0.29, 0.717) is 19.4 Å². The van der Waals surface area contributed by atoms with Crippen molar-refractivity contribution in [1.29, 1.82) is 0 Å². The number of cyclic esters (lactones) is 1. The van der Waals surface area contributed by atoms with E-state index in [4.69, 9.17) is 18.9 Å². The maximum Gasteiger partial charge on any atom is 0.311 e. The summed E-state index contributed by atoms with van der Waals surface area (Å²) in [6.45, 7) is 15.3. The van der Waals surface area contributed by atoms with Crippen LogP contribution >= 0.6 is 0 Å². The summed E-state index contributed by atoms with van der Waals surface area (Å²) < 4.78 is 24.6. The van der Waals surface area contributed by atoms with Gasteiger partial charge in [0.15, 0.2) is 6.29 Å². The molecule has 0 radical (unpaired) electrons. The molecule has 0 unspecified atom stereocenters. The molecule has 14 atom stereocenters. The van der Waals surface area contributed by atoms with E-state index >= 15 is 0 Å². The topological polar surface area (TPSA) is 167 Å². The fraction of sp³-hybridized carbons (Fsp3) is 0.935. The van der Waals surface area contributed by atoms with E-state index in [2.05, 4.69) is 5.32 Å². The largest absolute Gasteiger partial charge is 0.459 e. The fourth-order valence-corrected chi connectivity index (χ4v) is 6.28. The zero-order chi connectivity index (χ0) is 33.0. The third kappa shape index (κ3) is 8.88. The summed E-state index contributed by atoms with van der Waals surface area (Å²) in [5.41, 5.74) is -3.09. The number of esters is 1. The smallest absolute Gasteiger partial charge is 0.311 e. The molecule has 5 N–H and O–H groups in total. The molecule has 0 aliphatic carbocycles. The minimum atomic E-state index is -1.90. The molecule has 2 saturated heterocycles. The summed E-state index contributed by atoms with van der Waals surface area (Å²) in [7, 11) is 3.75. The summed E-state index contributed by atoms with van der Waals surface area (Å²) in [6, 6.07) is -1.14. The predicted molar refractivity (Wildman–Crippen MR) is 160 cm³/mol. The second kappa shape index (κ2) is 15.3. The van der Waals surface area contributed by atoms with E-state index in [1.165, 1.54) is 20.8 Å². The van der Waals surface area contributed by atoms with Crippen LogP contribution in [0.1, 0.15) is 81.6 Å². The summed E-state index contributed by atoms with van der Waals surface area (Å²) in [5.74, 6) is -3.64. The van der Waals surface area contributed by atoms with Gasteiger partial charge in [0.2, 0.25) is 5.91 Å². The number of carbonyl (C=O) groups excluding carboxylic acids is 2. The second-order valence-electron chi connectivity index (χ2n) is 13.6. The minimum absolute atomic E-state index is 0.143. The number of ether oxygens (including phenoxy) is 4. The molecule has 252 valence electrons. The van der Waals surface area contributed by atoms with Crippen molar-refractivity contribution >= 4 is 11.9 Å². The lowest BCUT2D eigenvalue weighted by Crippen LogP contribution is -2.60. The Balaban J connectivity index is 2.63. The van der Waals surface area contributed by atoms with Crippen molar-refractivity contribution in [3.05, 3.63) is 0 Å². The van der Waals surface area contributed by atoms with Gasteiger partial charge in [-0.2, -0.15) is 0 Å². The number of hydrogen-bond donors (Lipinski definition) is 5. The number of nitrogens with zero attached hydrogens (tertiary/aromatic N) is 1. The number of likely N-dealkylation sites (N-methyl/N-ethyl adjacent to an activating group) is 1. The van der Waals surface area contributed by atoms with E-state index in [9.17, 15) is 30.0 Å². The van der Waals surface area contributed by atoms with Crippen molar-refractivity contribution in [3.63, 3.8) is 0 Å². The number of aliphatic hydroxyl groups excluding tert-OH is 3. The Bertz CT molecular complexity index is 919. The highest BCUT2D eigenvalue weighted by atomic mass is 16.7. The maximum absolute atomic E-state index is 13.4. The molecule has 0 saturated carbocycles. The molecular formula is C31H58N2O10. The van der Waals surface area contributed by atoms with Crippen LogP contribution in [-0.4, -0.2) is 124 Å². The fourth-order valence-electron chi connectivity index (χ4n) is 6.28. The highest BCUT2D eigenvalue weighted by molar-refractivity contribution is 5.78. The molecule has 2 aliphatic rings. The molecule has 0 spiro atoms. The third-order valence-electron chi connectivity index (χ3n) is 9.41. The van der Waals surface area contributed by atoms with Crippen molar-refractivity contribution in [2.45, 2.75) is 148 Å². The van der Waals surface area contributed by atoms with Gasteiger partial charge in [-0.3, -0.25) is 9.59 Å². The Morgan fingerprint density at radius 3 is 2.19 bits per heavy atom. The van der Waals surface area contributed by atoms with Crippen LogP contribution in [0.15, 0.2) is 0 Å². The normalized spacial score (nSPS) is 46.0. The summed E-state index contributed by atoms with van der Waals surface area (Å²) in [4.78, 5) is 28.6. The summed E-state index contributed by atoms with van der Waals surface area (Å²) in [5, 5.41) is 47.7. The number of aliphatic hydroxyl groups is 4. The second-order valence-corrected chi connectivity index (χ2v) is 13.6. The van der Waals surface area contributed by atoms with Crippen LogP contribution in [0.4, 0.5) is 0 Å². The predicted octanol–water partition coefficient (Wildman–Crippen LogP) is 1.20. The first kappa shape index (κ1) is 37.8. The van der Waals surface area contributed by atoms with Gasteiger partial charge < -0.3 is 49.6 Å². The van der Waals surface area contributed by atoms with Gasteiger partial charge >= 0.3 is 5.97 Å². The zero-order valence-electron chi connectivity index (χ0n) is 27.9. The van der Waals surface area contributed by atoms with Crippen molar-refractivity contribution in [1.82, 2.24) is 10.2 Å². The van der Waals surface area contributed by atoms with Crippen molar-refractivity contribution in [3.8, 4) is 0 Å². The number of rotatable bonds is 6. The lowest BCUT2D eigenvalue weighted by Gasteiger charge is -2.48. The number of amides is 1. The van der Waals surface area contributed by atoms with E-state index in [-0.39, 0.29) is 24.5 Å². The molecule has 0 aromatic carbocycles. The Morgan fingerprint density at radius 2 is 1.63 bits per heavy atom. The summed E-state index contributed by atoms with van der Waals surface area (Å²) >= 11 is 0. The van der Waals surface area contributed by atoms with Crippen LogP contribution in [0.2, 0.25) is 0 Å². The molecule has 1 amide bonds. The van der Waals surface area contributed by atoms with Gasteiger partial charge in [0.1, 0.15) is 23.9 Å². The molecule has 43 heavy (non-hydrogen) atoms. The first-order chi connectivity index (χ1) is 19.8. The Kier molecular flexibility index (Phi) is 13.4. The van der Waals surface area contributed by atoms with Crippen molar-refractivity contribution in [2.75, 3.05) is 20.7 Å². The van der Waals surface area contributed by atoms with Gasteiger partial charge in [-0.15, -0.1) is 0 Å². The Hall–Kier alpha value is -1.38. The monoisotopic (exact) mass is 618 g/mol. The maximum atomic E-state index is 13.4. The van der Waals surface area contributed by atoms with Crippen LogP contribution < -0.4 is 5.32 Å². The molecule has 12 nitrogen and oxygen atoms in total. The first-order valence-corrected chi connectivity index (χ1v) is 15.7. The number of nitrogens with one attached hydrogen (secondary N) is 1. The molecule has 2 fully saturated rings. The highest BCUT2D eigenvalue weighted by Gasteiger charge is 2.50. The molecule has 0 aromatic rings. The highest BCUT2D eigenvalue weighted by Crippen LogP contribution is 2.38. The van der Waals surface area contributed by atoms with Gasteiger partial charge in [0.05, 0.1) is 35.9 Å². The zero-order valence-corrected chi connectivity index (χ0v) is 27.9. The Labute approximate surface area is 257 Å². The van der Waals surface area contributed by atoms with Gasteiger partial charge in [-0.05, 0) is 74.9 Å². The van der Waals surface area contributed by atoms with E-state index in [0.717, 1.165) is 0 Å². The van der Waals surface area contributed by atoms with Crippen LogP contribution in [0, 0.1) is 17.8 Å². The quantitative estimate of drug-likeness (QED) is 0.272. The van der Waals surface area contributed by atoms with Crippen LogP contribution in [-0.2, 0) is 28.5 Å². The molecule has 2 aliphatic heterocycles. The lowest BCUT2D eigenvalue weighted by atomic mass is 9.77. The average Bonchev–Trinajstić information content (AvgIpc) is 2.93. The standard InChI is InChI=1S/C31H58N2O10/c1-12-13-40-30(8)15-16(2)27(37)32-20(6)25(36)31(9,39)21(7)42-28(38)19(5)23(34)18(4)26(30)43-29-24(35)22(33(10)11)14-17(3)41-29/h16-26,29,34-36,39H,12-15H2,1-11H3,(H,32,37)/t16-,17-,18+,19-,20-,21-,22+,23+,24-,25-,26-,29+,30-,31-/m1/s1. The molecule has 2 heterocycles. The SMILES string of the molecule is CCCO[C@]1(C)C[C@@H](C)C(=O)N[C@H](C)[C@@H](O)[C@](C)(O)[C@@H](C)OC(=O)[C@H](C)[C@@H](O)[C@H](C)[C@H]1O[C@@H]1O[C@H](C)C[C@H](N(C)C)[C@H]1O. The summed E-state index contributed by atoms with van der Waals surface area (Å²) in [6.07, 6.45) is -5.80. The van der Waals surface area contributed by atoms with Crippen LogP contribution in [0.3, 0.4) is 0 Å². The van der Waals surface area contributed by atoms with Gasteiger partial charge in [0, 0.05) is 24.5 Å². The van der Waals surface area contributed by atoms with Gasteiger partial charge in [-0.1, -0.05) is 20.8 Å². The molecule has 0 bridgehead atoms. The Morgan fingerprint density at radius 1 is 1.02 bits per heavy atom. The molecule has 2 rings (SSSR count). The van der Waals surface area contributed by atoms with Crippen LogP contribution in [0.5, 0.6) is 0 Å². The first-order valence-electron chi connectivity index (χ1n) is 15.7.